The minimum Gasteiger partial charge on any atom is -0.480 e. The molecule has 1 aromatic carbocycles. The van der Waals surface area contributed by atoms with Crippen LogP contribution in [0, 0.1) is 0 Å². The molecule has 68 valence electrons. The zero-order valence-electron chi connectivity index (χ0n) is 7.41. The number of hydrogen-bond donors (Lipinski definition) is 1. The number of likely N-dealkylation sites (N-methyl/N-ethyl adjacent to an activating group) is 1. The van der Waals surface area contributed by atoms with Gasteiger partial charge in [-0.15, -0.1) is 0 Å². The molecule has 13 heavy (non-hydrogen) atoms. The quantitative estimate of drug-likeness (QED) is 0.687. The van der Waals surface area contributed by atoms with Crippen LogP contribution in [0.3, 0.4) is 0 Å². The highest BCUT2D eigenvalue weighted by Gasteiger charge is 2.27. The Bertz CT molecular complexity index is 310. The van der Waals surface area contributed by atoms with Crippen LogP contribution in [0.25, 0.3) is 0 Å². The van der Waals surface area contributed by atoms with Gasteiger partial charge < -0.3 is 10.1 Å². The molecule has 3 heteroatoms. The average molecular weight is 177 g/mol. The topological polar surface area (TPSA) is 38.3 Å². The molecule has 0 radical (unpaired) electrons. The summed E-state index contributed by atoms with van der Waals surface area (Å²) >= 11 is 0. The highest BCUT2D eigenvalue weighted by atomic mass is 16.5. The van der Waals surface area contributed by atoms with Crippen molar-refractivity contribution in [2.75, 3.05) is 7.05 Å². The lowest BCUT2D eigenvalue weighted by Crippen LogP contribution is -2.34. The molecule has 0 spiro atoms. The normalized spacial score (nSPS) is 19.0. The van der Waals surface area contributed by atoms with Crippen molar-refractivity contribution < 1.29 is 9.53 Å². The summed E-state index contributed by atoms with van der Waals surface area (Å²) in [7, 11) is 1.62. The smallest absolute Gasteiger partial charge is 0.261 e. The summed E-state index contributed by atoms with van der Waals surface area (Å²) in [5.41, 5.74) is 1.11. The summed E-state index contributed by atoms with van der Waals surface area (Å²) in [5.74, 6) is 0.771. The van der Waals surface area contributed by atoms with E-state index in [4.69, 9.17) is 4.74 Å². The van der Waals surface area contributed by atoms with Crippen LogP contribution in [0.1, 0.15) is 5.56 Å². The van der Waals surface area contributed by atoms with Gasteiger partial charge in [-0.3, -0.25) is 4.79 Å². The standard InChI is InChI=1S/C10H11NO2/c1-11-10(12)9-6-7-4-2-3-5-8(7)13-9/h2-5,9H,6H2,1H3,(H,11,12). The Morgan fingerprint density at radius 2 is 2.31 bits per heavy atom. The number of ether oxygens (including phenoxy) is 1. The number of carbonyl (C=O) groups is 1. The first-order valence-electron chi connectivity index (χ1n) is 4.27. The van der Waals surface area contributed by atoms with Crippen molar-refractivity contribution in [3.63, 3.8) is 0 Å². The lowest BCUT2D eigenvalue weighted by atomic mass is 10.1. The second kappa shape index (κ2) is 3.09. The fourth-order valence-electron chi connectivity index (χ4n) is 1.49. The molecule has 1 aliphatic heterocycles. The van der Waals surface area contributed by atoms with Gasteiger partial charge in [-0.05, 0) is 11.6 Å². The molecule has 0 bridgehead atoms. The number of fused-ring (bicyclic) bond motifs is 1. The number of benzene rings is 1. The molecule has 1 aromatic rings. The van der Waals surface area contributed by atoms with Crippen molar-refractivity contribution in [1.82, 2.24) is 5.32 Å². The molecule has 3 nitrogen and oxygen atoms in total. The monoisotopic (exact) mass is 177 g/mol. The molecule has 0 aromatic heterocycles. The number of nitrogens with one attached hydrogen (secondary N) is 1. The molecular formula is C10H11NO2. The summed E-state index contributed by atoms with van der Waals surface area (Å²) in [6.07, 6.45) is 0.331. The molecule has 0 saturated carbocycles. The number of para-hydroxylation sites is 1. The van der Waals surface area contributed by atoms with Crippen LogP contribution in [-0.4, -0.2) is 19.1 Å². The van der Waals surface area contributed by atoms with Crippen molar-refractivity contribution >= 4 is 5.91 Å². The van der Waals surface area contributed by atoms with Gasteiger partial charge in [0.15, 0.2) is 6.10 Å². The van der Waals surface area contributed by atoms with E-state index in [1.54, 1.807) is 7.05 Å². The van der Waals surface area contributed by atoms with E-state index in [9.17, 15) is 4.79 Å². The van der Waals surface area contributed by atoms with Crippen molar-refractivity contribution in [3.8, 4) is 5.75 Å². The van der Waals surface area contributed by atoms with Crippen LogP contribution >= 0.6 is 0 Å². The first-order valence-corrected chi connectivity index (χ1v) is 4.27. The van der Waals surface area contributed by atoms with Crippen LogP contribution in [0.2, 0.25) is 0 Å². The molecule has 1 amide bonds. The Morgan fingerprint density at radius 1 is 1.54 bits per heavy atom. The summed E-state index contributed by atoms with van der Waals surface area (Å²) in [4.78, 5) is 11.2. The number of carbonyl (C=O) groups excluding carboxylic acids is 1. The van der Waals surface area contributed by atoms with Crippen LogP contribution < -0.4 is 10.1 Å². The Morgan fingerprint density at radius 3 is 3.00 bits per heavy atom. The van der Waals surface area contributed by atoms with Gasteiger partial charge >= 0.3 is 0 Å². The van der Waals surface area contributed by atoms with Crippen LogP contribution in [0.4, 0.5) is 0 Å². The van der Waals surface area contributed by atoms with Gasteiger partial charge in [-0.25, -0.2) is 0 Å². The van der Waals surface area contributed by atoms with E-state index in [1.165, 1.54) is 0 Å². The van der Waals surface area contributed by atoms with Crippen LogP contribution in [-0.2, 0) is 11.2 Å². The lowest BCUT2D eigenvalue weighted by molar-refractivity contribution is -0.126. The summed E-state index contributed by atoms with van der Waals surface area (Å²) in [6, 6.07) is 7.73. The van der Waals surface area contributed by atoms with E-state index in [0.717, 1.165) is 11.3 Å². The van der Waals surface area contributed by atoms with Crippen LogP contribution in [0.5, 0.6) is 5.75 Å². The predicted octanol–water partition coefficient (Wildman–Crippen LogP) is 0.736. The Hall–Kier alpha value is -1.51. The van der Waals surface area contributed by atoms with Crippen molar-refractivity contribution in [2.45, 2.75) is 12.5 Å². The molecule has 0 aliphatic carbocycles. The molecule has 0 fully saturated rings. The molecule has 1 heterocycles. The van der Waals surface area contributed by atoms with E-state index in [0.29, 0.717) is 6.42 Å². The molecular weight excluding hydrogens is 166 g/mol. The molecule has 1 atom stereocenters. The lowest BCUT2D eigenvalue weighted by Gasteiger charge is -2.07. The Labute approximate surface area is 76.7 Å². The SMILES string of the molecule is CNC(=O)C1Cc2ccccc2O1. The maximum atomic E-state index is 11.2. The van der Waals surface area contributed by atoms with Crippen molar-refractivity contribution in [2.24, 2.45) is 0 Å². The minimum absolute atomic E-state index is 0.0591. The van der Waals surface area contributed by atoms with Gasteiger partial charge in [0, 0.05) is 13.5 Å². The van der Waals surface area contributed by atoms with Gasteiger partial charge in [-0.1, -0.05) is 18.2 Å². The van der Waals surface area contributed by atoms with Gasteiger partial charge in [0.1, 0.15) is 5.75 Å². The highest BCUT2D eigenvalue weighted by molar-refractivity contribution is 5.82. The molecule has 1 aliphatic rings. The third-order valence-corrected chi connectivity index (χ3v) is 2.19. The predicted molar refractivity (Wildman–Crippen MR) is 48.6 cm³/mol. The fourth-order valence-corrected chi connectivity index (χ4v) is 1.49. The number of hydrogen-bond acceptors (Lipinski definition) is 2. The van der Waals surface area contributed by atoms with Crippen molar-refractivity contribution in [1.29, 1.82) is 0 Å². The number of rotatable bonds is 1. The largest absolute Gasteiger partial charge is 0.480 e. The summed E-state index contributed by atoms with van der Waals surface area (Å²) in [6.45, 7) is 0. The molecule has 1 unspecified atom stereocenters. The average Bonchev–Trinajstić information content (AvgIpc) is 2.59. The van der Waals surface area contributed by atoms with Gasteiger partial charge in [0.25, 0.3) is 5.91 Å². The molecule has 0 saturated heterocycles. The first-order chi connectivity index (χ1) is 6.31. The molecule has 2 rings (SSSR count). The maximum absolute atomic E-state index is 11.2. The Kier molecular flexibility index (Phi) is 1.93. The first kappa shape index (κ1) is 8.10. The van der Waals surface area contributed by atoms with E-state index >= 15 is 0 Å². The van der Waals surface area contributed by atoms with Gasteiger partial charge in [-0.2, -0.15) is 0 Å². The van der Waals surface area contributed by atoms with E-state index in [2.05, 4.69) is 5.32 Å². The summed E-state index contributed by atoms with van der Waals surface area (Å²) in [5, 5.41) is 2.58. The zero-order valence-corrected chi connectivity index (χ0v) is 7.41. The third-order valence-electron chi connectivity index (χ3n) is 2.19. The second-order valence-electron chi connectivity index (χ2n) is 3.03. The highest BCUT2D eigenvalue weighted by Crippen LogP contribution is 2.27. The van der Waals surface area contributed by atoms with Gasteiger partial charge in [0.05, 0.1) is 0 Å². The second-order valence-corrected chi connectivity index (χ2v) is 3.03. The minimum atomic E-state index is -0.345. The van der Waals surface area contributed by atoms with E-state index in [1.807, 2.05) is 24.3 Å². The van der Waals surface area contributed by atoms with Crippen molar-refractivity contribution in [3.05, 3.63) is 29.8 Å². The fraction of sp³-hybridized carbons (Fsp3) is 0.300. The third kappa shape index (κ3) is 1.37. The number of amides is 1. The zero-order chi connectivity index (χ0) is 9.26. The van der Waals surface area contributed by atoms with Crippen LogP contribution in [0.15, 0.2) is 24.3 Å². The van der Waals surface area contributed by atoms with E-state index in [-0.39, 0.29) is 12.0 Å². The Balaban J connectivity index is 2.18. The summed E-state index contributed by atoms with van der Waals surface area (Å²) < 4.78 is 5.45. The molecule has 1 N–H and O–H groups in total. The van der Waals surface area contributed by atoms with Gasteiger partial charge in [0.2, 0.25) is 0 Å². The maximum Gasteiger partial charge on any atom is 0.261 e. The van der Waals surface area contributed by atoms with E-state index < -0.39 is 0 Å².